The van der Waals surface area contributed by atoms with Gasteiger partial charge in [0.1, 0.15) is 23.4 Å². The van der Waals surface area contributed by atoms with Gasteiger partial charge in [0.25, 0.3) is 5.91 Å². The highest BCUT2D eigenvalue weighted by molar-refractivity contribution is 7.92. The summed E-state index contributed by atoms with van der Waals surface area (Å²) >= 11 is -1.46. The summed E-state index contributed by atoms with van der Waals surface area (Å²) < 4.78 is 64.0. The molecule has 2 amide bonds. The van der Waals surface area contributed by atoms with Gasteiger partial charge in [-0.25, -0.2) is 17.5 Å². The van der Waals surface area contributed by atoms with Crippen molar-refractivity contribution in [3.63, 3.8) is 0 Å². The van der Waals surface area contributed by atoms with Gasteiger partial charge in [-0.2, -0.15) is 4.31 Å². The lowest BCUT2D eigenvalue weighted by Gasteiger charge is -2.33. The number of nitrogens with one attached hydrogen (secondary N) is 3. The number of nitrogens with zero attached hydrogens (tertiary/aromatic N) is 1. The largest absolute Gasteiger partial charge is 0.593 e. The van der Waals surface area contributed by atoms with Crippen molar-refractivity contribution in [3.8, 4) is 11.3 Å². The molecule has 6 rings (SSSR count). The number of hydrogen-bond donors (Lipinski definition) is 3. The Balaban J connectivity index is 1.41. The van der Waals surface area contributed by atoms with E-state index >= 15 is 0 Å². The van der Waals surface area contributed by atoms with Gasteiger partial charge < -0.3 is 19.6 Å². The van der Waals surface area contributed by atoms with Crippen molar-refractivity contribution in [3.05, 3.63) is 77.1 Å². The van der Waals surface area contributed by atoms with Crippen molar-refractivity contribution >= 4 is 55.5 Å². The van der Waals surface area contributed by atoms with Gasteiger partial charge in [-0.15, -0.1) is 0 Å². The van der Waals surface area contributed by atoms with Crippen molar-refractivity contribution in [2.24, 2.45) is 0 Å². The van der Waals surface area contributed by atoms with Crippen molar-refractivity contribution in [2.45, 2.75) is 30.1 Å². The fraction of sp³-hybridized carbons (Fsp3) is 0.267. The molecule has 13 heteroatoms. The highest BCUT2D eigenvalue weighted by Crippen LogP contribution is 2.41. The molecule has 2 atom stereocenters. The third-order valence-electron chi connectivity index (χ3n) is 7.84. The number of piperidine rings is 1. The van der Waals surface area contributed by atoms with Crippen molar-refractivity contribution in [1.82, 2.24) is 9.62 Å². The molecule has 43 heavy (non-hydrogen) atoms. The lowest BCUT2D eigenvalue weighted by atomic mass is 9.89. The molecule has 2 aliphatic heterocycles. The van der Waals surface area contributed by atoms with E-state index < -0.39 is 33.1 Å². The molecule has 1 saturated heterocycles. The number of fused-ring (bicyclic) bond motifs is 2. The molecule has 10 nitrogen and oxygen atoms in total. The Morgan fingerprint density at radius 2 is 1.93 bits per heavy atom. The van der Waals surface area contributed by atoms with Crippen LogP contribution in [0.3, 0.4) is 0 Å². The minimum absolute atomic E-state index is 0.118. The van der Waals surface area contributed by atoms with Gasteiger partial charge in [-0.3, -0.25) is 9.59 Å². The van der Waals surface area contributed by atoms with Crippen molar-refractivity contribution in [1.29, 1.82) is 0 Å². The van der Waals surface area contributed by atoms with E-state index in [4.69, 9.17) is 4.42 Å². The van der Waals surface area contributed by atoms with E-state index in [0.29, 0.717) is 58.4 Å². The van der Waals surface area contributed by atoms with Gasteiger partial charge in [0.2, 0.25) is 15.9 Å². The summed E-state index contributed by atoms with van der Waals surface area (Å²) in [5.41, 5.74) is 3.58. The predicted molar refractivity (Wildman–Crippen MR) is 162 cm³/mol. The number of sulfonamides is 1. The molecular formula is C30H29FN4O6S2. The zero-order valence-electron chi connectivity index (χ0n) is 23.4. The van der Waals surface area contributed by atoms with Gasteiger partial charge in [-0.1, -0.05) is 0 Å². The van der Waals surface area contributed by atoms with Crippen LogP contribution >= 0.6 is 0 Å². The second kappa shape index (κ2) is 11.3. The molecule has 0 unspecified atom stereocenters. The average Bonchev–Trinajstić information content (AvgIpc) is 3.55. The van der Waals surface area contributed by atoms with Gasteiger partial charge in [0, 0.05) is 42.8 Å². The standard InChI is InChI=1S/C30H29FN4O6S2/c1-32-30(37)28-23-14-22(25(34-42(2)38)15-26(23)41-29(28)17-5-7-20(31)8-6-17)18-4-3-11-35(16-18)43(39,40)21-9-10-24-19(12-21)13-27(36)33-24/h5-10,12,14-15,18,34H,3-4,11,13,16H2,1-2H3,(H,32,37)(H,33,36)/t18-,42+/m1/s1. The monoisotopic (exact) mass is 624 g/mol. The average molecular weight is 625 g/mol. The summed E-state index contributed by atoms with van der Waals surface area (Å²) in [7, 11) is -2.38. The van der Waals surface area contributed by atoms with Crippen molar-refractivity contribution < 1.29 is 31.4 Å². The Bertz CT molecular complexity index is 1860. The molecule has 0 saturated carbocycles. The number of halogens is 1. The fourth-order valence-electron chi connectivity index (χ4n) is 5.83. The first-order valence-corrected chi connectivity index (χ1v) is 16.7. The van der Waals surface area contributed by atoms with Crippen LogP contribution in [0.4, 0.5) is 15.8 Å². The van der Waals surface area contributed by atoms with E-state index in [9.17, 15) is 27.0 Å². The minimum Gasteiger partial charge on any atom is -0.593 e. The molecule has 2 aliphatic rings. The molecule has 3 aromatic carbocycles. The molecule has 0 bridgehead atoms. The highest BCUT2D eigenvalue weighted by atomic mass is 32.2. The number of carbonyl (C=O) groups excluding carboxylic acids is 2. The number of carbonyl (C=O) groups is 2. The molecule has 4 aromatic rings. The first-order chi connectivity index (χ1) is 20.5. The number of benzene rings is 3. The lowest BCUT2D eigenvalue weighted by Crippen LogP contribution is -2.39. The molecule has 3 heterocycles. The minimum atomic E-state index is -3.88. The summed E-state index contributed by atoms with van der Waals surface area (Å²) in [6, 6.07) is 13.7. The molecule has 1 aromatic heterocycles. The van der Waals surface area contributed by atoms with Gasteiger partial charge in [0.15, 0.2) is 0 Å². The van der Waals surface area contributed by atoms with Crippen LogP contribution in [0, 0.1) is 5.82 Å². The molecule has 0 radical (unpaired) electrons. The van der Waals surface area contributed by atoms with E-state index in [1.807, 2.05) is 0 Å². The van der Waals surface area contributed by atoms with Crippen LogP contribution in [0.1, 0.15) is 40.2 Å². The topological polar surface area (TPSA) is 144 Å². The van der Waals surface area contributed by atoms with E-state index in [1.54, 1.807) is 24.3 Å². The van der Waals surface area contributed by atoms with Gasteiger partial charge >= 0.3 is 0 Å². The molecule has 0 spiro atoms. The highest BCUT2D eigenvalue weighted by Gasteiger charge is 2.34. The van der Waals surface area contributed by atoms with Crippen LogP contribution < -0.4 is 15.4 Å². The van der Waals surface area contributed by atoms with E-state index in [0.717, 1.165) is 0 Å². The maximum atomic E-state index is 13.7. The van der Waals surface area contributed by atoms with E-state index in [-0.39, 0.29) is 41.0 Å². The van der Waals surface area contributed by atoms with Crippen LogP contribution in [0.25, 0.3) is 22.3 Å². The second-order valence-electron chi connectivity index (χ2n) is 10.6. The van der Waals surface area contributed by atoms with Crippen LogP contribution in [-0.4, -0.2) is 55.5 Å². The number of amides is 2. The van der Waals surface area contributed by atoms with Gasteiger partial charge in [-0.05, 0) is 78.4 Å². The molecule has 224 valence electrons. The zero-order chi connectivity index (χ0) is 30.5. The maximum absolute atomic E-state index is 13.7. The normalized spacial score (nSPS) is 17.9. The smallest absolute Gasteiger partial charge is 0.255 e. The Hall–Kier alpha value is -3.91. The van der Waals surface area contributed by atoms with Gasteiger partial charge in [0.05, 0.1) is 33.9 Å². The molecular weight excluding hydrogens is 595 g/mol. The second-order valence-corrected chi connectivity index (χ2v) is 13.7. The van der Waals surface area contributed by atoms with E-state index in [1.165, 1.54) is 47.9 Å². The first kappa shape index (κ1) is 29.2. The number of hydrogen-bond acceptors (Lipinski definition) is 7. The summed E-state index contributed by atoms with van der Waals surface area (Å²) in [5, 5.41) is 5.86. The Kier molecular flexibility index (Phi) is 7.67. The number of anilines is 2. The predicted octanol–water partition coefficient (Wildman–Crippen LogP) is 4.37. The van der Waals surface area contributed by atoms with E-state index in [2.05, 4.69) is 15.4 Å². The zero-order valence-corrected chi connectivity index (χ0v) is 25.0. The molecule has 3 N–H and O–H groups in total. The van der Waals surface area contributed by atoms with Crippen LogP contribution in [-0.2, 0) is 32.6 Å². The summed E-state index contributed by atoms with van der Waals surface area (Å²) in [6.07, 6.45) is 2.85. The van der Waals surface area contributed by atoms with Crippen LogP contribution in [0.15, 0.2) is 63.9 Å². The Morgan fingerprint density at radius 3 is 2.65 bits per heavy atom. The fourth-order valence-corrected chi connectivity index (χ4v) is 7.89. The third kappa shape index (κ3) is 5.49. The Morgan fingerprint density at radius 1 is 1.16 bits per heavy atom. The maximum Gasteiger partial charge on any atom is 0.255 e. The SMILES string of the molecule is CNC(=O)c1c(-c2ccc(F)cc2)oc2cc(N[S@+](C)[O-])c([C@@H]3CCCN(S(=O)(=O)c4ccc5c(c4)CC(=O)N5)C3)cc12. The lowest BCUT2D eigenvalue weighted by molar-refractivity contribution is -0.115. The molecule has 1 fully saturated rings. The van der Waals surface area contributed by atoms with Crippen LogP contribution in [0.2, 0.25) is 0 Å². The number of furan rings is 1. The third-order valence-corrected chi connectivity index (χ3v) is 10.2. The quantitative estimate of drug-likeness (QED) is 0.259. The van der Waals surface area contributed by atoms with Crippen molar-refractivity contribution in [2.75, 3.05) is 36.4 Å². The Labute approximate surface area is 251 Å². The summed E-state index contributed by atoms with van der Waals surface area (Å²) in [6.45, 7) is 0.479. The molecule has 0 aliphatic carbocycles. The first-order valence-electron chi connectivity index (χ1n) is 13.7. The summed E-state index contributed by atoms with van der Waals surface area (Å²) in [4.78, 5) is 25.0. The van der Waals surface area contributed by atoms with Crippen LogP contribution in [0.5, 0.6) is 0 Å². The summed E-state index contributed by atoms with van der Waals surface area (Å²) in [5.74, 6) is -1.04. The number of rotatable bonds is 7.